The van der Waals surface area contributed by atoms with E-state index in [4.69, 9.17) is 15.2 Å². The number of hydrogen-bond donors (Lipinski definition) is 2. The monoisotopic (exact) mass is 268 g/mol. The molecule has 1 heterocycles. The highest BCUT2D eigenvalue weighted by molar-refractivity contribution is 5.50. The van der Waals surface area contributed by atoms with Gasteiger partial charge in [-0.1, -0.05) is 0 Å². The van der Waals surface area contributed by atoms with Gasteiger partial charge in [-0.3, -0.25) is 0 Å². The Morgan fingerprint density at radius 3 is 2.84 bits per heavy atom. The van der Waals surface area contributed by atoms with Gasteiger partial charge < -0.3 is 20.5 Å². The van der Waals surface area contributed by atoms with Gasteiger partial charge in [0, 0.05) is 31.9 Å². The minimum atomic E-state index is -0.286. The van der Waals surface area contributed by atoms with Crippen LogP contribution in [0, 0.1) is 11.7 Å². The van der Waals surface area contributed by atoms with Gasteiger partial charge in [-0.2, -0.15) is 0 Å². The van der Waals surface area contributed by atoms with Crippen LogP contribution in [-0.2, 0) is 4.74 Å². The summed E-state index contributed by atoms with van der Waals surface area (Å²) in [4.78, 5) is 0. The molecular formula is C14H21FN2O2. The van der Waals surface area contributed by atoms with Crippen molar-refractivity contribution in [2.75, 3.05) is 32.2 Å². The lowest BCUT2D eigenvalue weighted by Gasteiger charge is -2.31. The quantitative estimate of drug-likeness (QED) is 0.857. The van der Waals surface area contributed by atoms with E-state index in [1.807, 2.05) is 0 Å². The van der Waals surface area contributed by atoms with Crippen LogP contribution in [0.3, 0.4) is 0 Å². The number of methoxy groups -OCH3 is 1. The summed E-state index contributed by atoms with van der Waals surface area (Å²) in [6.07, 6.45) is 1.92. The zero-order chi connectivity index (χ0) is 13.7. The van der Waals surface area contributed by atoms with E-state index < -0.39 is 0 Å². The summed E-state index contributed by atoms with van der Waals surface area (Å²) >= 11 is 0. The number of anilines is 1. The van der Waals surface area contributed by atoms with Crippen molar-refractivity contribution in [3.05, 3.63) is 24.0 Å². The number of rotatable bonds is 5. The zero-order valence-corrected chi connectivity index (χ0v) is 11.2. The van der Waals surface area contributed by atoms with Crippen molar-refractivity contribution < 1.29 is 13.9 Å². The molecule has 2 rings (SSSR count). The minimum Gasteiger partial charge on any atom is -0.497 e. The second kappa shape index (κ2) is 6.73. The van der Waals surface area contributed by atoms with Crippen LogP contribution in [0.5, 0.6) is 5.75 Å². The Labute approximate surface area is 113 Å². The van der Waals surface area contributed by atoms with Gasteiger partial charge in [0.1, 0.15) is 11.6 Å². The van der Waals surface area contributed by atoms with Crippen LogP contribution in [-0.4, -0.2) is 32.9 Å². The molecule has 0 aliphatic carbocycles. The van der Waals surface area contributed by atoms with Gasteiger partial charge in [-0.05, 0) is 30.9 Å². The second-order valence-corrected chi connectivity index (χ2v) is 4.78. The molecule has 0 radical (unpaired) electrons. The average molecular weight is 268 g/mol. The third-order valence-electron chi connectivity index (χ3n) is 3.60. The number of nitrogens with one attached hydrogen (secondary N) is 1. The van der Waals surface area contributed by atoms with E-state index in [1.165, 1.54) is 6.07 Å². The van der Waals surface area contributed by atoms with E-state index in [0.29, 0.717) is 23.9 Å². The summed E-state index contributed by atoms with van der Waals surface area (Å²) in [7, 11) is 1.57. The molecule has 1 aliphatic heterocycles. The highest BCUT2D eigenvalue weighted by atomic mass is 19.1. The van der Waals surface area contributed by atoms with E-state index in [-0.39, 0.29) is 11.9 Å². The topological polar surface area (TPSA) is 56.5 Å². The Hall–Kier alpha value is -1.33. The summed E-state index contributed by atoms with van der Waals surface area (Å²) in [5, 5.41) is 3.21. The largest absolute Gasteiger partial charge is 0.497 e. The van der Waals surface area contributed by atoms with Crippen LogP contribution in [0.4, 0.5) is 10.1 Å². The molecule has 1 unspecified atom stereocenters. The first-order chi connectivity index (χ1) is 9.24. The van der Waals surface area contributed by atoms with Crippen molar-refractivity contribution in [2.45, 2.75) is 18.9 Å². The van der Waals surface area contributed by atoms with Gasteiger partial charge in [0.15, 0.2) is 0 Å². The van der Waals surface area contributed by atoms with E-state index in [2.05, 4.69) is 5.32 Å². The van der Waals surface area contributed by atoms with Crippen LogP contribution >= 0.6 is 0 Å². The molecule has 1 aliphatic rings. The van der Waals surface area contributed by atoms with Crippen molar-refractivity contribution in [1.29, 1.82) is 0 Å². The number of ether oxygens (including phenoxy) is 2. The molecule has 0 amide bonds. The molecule has 0 saturated carbocycles. The zero-order valence-electron chi connectivity index (χ0n) is 11.2. The van der Waals surface area contributed by atoms with E-state index in [0.717, 1.165) is 26.1 Å². The standard InChI is InChI=1S/C14H21FN2O2/c1-18-11-2-3-12(15)13(8-11)17-14(9-16)10-4-6-19-7-5-10/h2-3,8,10,14,17H,4-7,9,16H2,1H3. The third kappa shape index (κ3) is 3.58. The predicted octanol–water partition coefficient (Wildman–Crippen LogP) is 2.00. The van der Waals surface area contributed by atoms with Crippen molar-refractivity contribution in [3.63, 3.8) is 0 Å². The van der Waals surface area contributed by atoms with Crippen LogP contribution in [0.2, 0.25) is 0 Å². The van der Waals surface area contributed by atoms with Gasteiger partial charge in [0.25, 0.3) is 0 Å². The molecule has 4 nitrogen and oxygen atoms in total. The average Bonchev–Trinajstić information content (AvgIpc) is 2.47. The first kappa shape index (κ1) is 14.1. The summed E-state index contributed by atoms with van der Waals surface area (Å²) in [5.41, 5.74) is 6.26. The van der Waals surface area contributed by atoms with Crippen LogP contribution in [0.1, 0.15) is 12.8 Å². The van der Waals surface area contributed by atoms with Crippen LogP contribution in [0.15, 0.2) is 18.2 Å². The lowest BCUT2D eigenvalue weighted by molar-refractivity contribution is 0.0613. The summed E-state index contributed by atoms with van der Waals surface area (Å²) in [6, 6.07) is 4.73. The fraction of sp³-hybridized carbons (Fsp3) is 0.571. The molecule has 1 saturated heterocycles. The van der Waals surface area contributed by atoms with Crippen LogP contribution < -0.4 is 15.8 Å². The molecule has 0 aromatic heterocycles. The normalized spacial score (nSPS) is 18.1. The van der Waals surface area contributed by atoms with Crippen molar-refractivity contribution in [3.8, 4) is 5.75 Å². The molecule has 1 fully saturated rings. The Kier molecular flexibility index (Phi) is 4.99. The lowest BCUT2D eigenvalue weighted by atomic mass is 9.91. The molecule has 106 valence electrons. The maximum atomic E-state index is 13.8. The van der Waals surface area contributed by atoms with Crippen molar-refractivity contribution in [2.24, 2.45) is 11.7 Å². The Morgan fingerprint density at radius 2 is 2.21 bits per heavy atom. The first-order valence-corrected chi connectivity index (χ1v) is 6.62. The molecule has 0 spiro atoms. The molecular weight excluding hydrogens is 247 g/mol. The SMILES string of the molecule is COc1ccc(F)c(NC(CN)C2CCOCC2)c1. The van der Waals surface area contributed by atoms with Crippen molar-refractivity contribution in [1.82, 2.24) is 0 Å². The van der Waals surface area contributed by atoms with E-state index in [9.17, 15) is 4.39 Å². The summed E-state index contributed by atoms with van der Waals surface area (Å²) in [5.74, 6) is 0.766. The van der Waals surface area contributed by atoms with Crippen LogP contribution in [0.25, 0.3) is 0 Å². The Bertz CT molecular complexity index is 408. The molecule has 0 bridgehead atoms. The maximum absolute atomic E-state index is 13.8. The first-order valence-electron chi connectivity index (χ1n) is 6.62. The number of benzene rings is 1. The highest BCUT2D eigenvalue weighted by Gasteiger charge is 2.23. The molecule has 3 N–H and O–H groups in total. The minimum absolute atomic E-state index is 0.0607. The number of halogens is 1. The fourth-order valence-corrected chi connectivity index (χ4v) is 2.43. The molecule has 1 aromatic carbocycles. The molecule has 1 atom stereocenters. The van der Waals surface area contributed by atoms with Crippen molar-refractivity contribution >= 4 is 5.69 Å². The number of hydrogen-bond acceptors (Lipinski definition) is 4. The predicted molar refractivity (Wildman–Crippen MR) is 73.0 cm³/mol. The highest BCUT2D eigenvalue weighted by Crippen LogP contribution is 2.25. The second-order valence-electron chi connectivity index (χ2n) is 4.78. The molecule has 19 heavy (non-hydrogen) atoms. The van der Waals surface area contributed by atoms with Gasteiger partial charge in [-0.15, -0.1) is 0 Å². The molecule has 5 heteroatoms. The van der Waals surface area contributed by atoms with Gasteiger partial charge in [0.05, 0.1) is 12.8 Å². The van der Waals surface area contributed by atoms with Gasteiger partial charge >= 0.3 is 0 Å². The van der Waals surface area contributed by atoms with Gasteiger partial charge in [-0.25, -0.2) is 4.39 Å². The Balaban J connectivity index is 2.08. The lowest BCUT2D eigenvalue weighted by Crippen LogP contribution is -2.39. The van der Waals surface area contributed by atoms with E-state index in [1.54, 1.807) is 19.2 Å². The van der Waals surface area contributed by atoms with Gasteiger partial charge in [0.2, 0.25) is 0 Å². The van der Waals surface area contributed by atoms with E-state index >= 15 is 0 Å². The summed E-state index contributed by atoms with van der Waals surface area (Å²) < 4.78 is 24.2. The third-order valence-corrected chi connectivity index (χ3v) is 3.60. The Morgan fingerprint density at radius 1 is 1.47 bits per heavy atom. The fourth-order valence-electron chi connectivity index (χ4n) is 2.43. The number of nitrogens with two attached hydrogens (primary N) is 1. The maximum Gasteiger partial charge on any atom is 0.146 e. The summed E-state index contributed by atoms with van der Waals surface area (Å²) in [6.45, 7) is 1.98. The molecule has 1 aromatic rings. The smallest absolute Gasteiger partial charge is 0.146 e.